The Balaban J connectivity index is 1.87. The zero-order chi connectivity index (χ0) is 10.6. The van der Waals surface area contributed by atoms with Crippen LogP contribution in [-0.4, -0.2) is 41.4 Å². The van der Waals surface area contributed by atoms with Crippen LogP contribution in [0.4, 0.5) is 0 Å². The topological polar surface area (TPSA) is 3.24 Å². The van der Waals surface area contributed by atoms with Gasteiger partial charge in [0.15, 0.2) is 0 Å². The van der Waals surface area contributed by atoms with E-state index in [1.807, 2.05) is 0 Å². The first-order chi connectivity index (χ1) is 7.35. The smallest absolute Gasteiger partial charge is 0.0100 e. The summed E-state index contributed by atoms with van der Waals surface area (Å²) in [6, 6.07) is 0. The van der Waals surface area contributed by atoms with Crippen molar-refractivity contribution in [2.24, 2.45) is 5.41 Å². The lowest BCUT2D eigenvalue weighted by molar-refractivity contribution is 0.182. The van der Waals surface area contributed by atoms with Gasteiger partial charge in [0, 0.05) is 24.2 Å². The van der Waals surface area contributed by atoms with Gasteiger partial charge in [0.1, 0.15) is 0 Å². The van der Waals surface area contributed by atoms with Crippen molar-refractivity contribution in [1.82, 2.24) is 4.90 Å². The third-order valence-electron chi connectivity index (χ3n) is 3.82. The highest BCUT2D eigenvalue weighted by molar-refractivity contribution is 9.09. The van der Waals surface area contributed by atoms with Gasteiger partial charge in [-0.05, 0) is 37.0 Å². The number of rotatable bonds is 3. The fourth-order valence-electron chi connectivity index (χ4n) is 2.89. The van der Waals surface area contributed by atoms with E-state index in [0.29, 0.717) is 5.41 Å². The zero-order valence-corrected chi connectivity index (χ0v) is 11.9. The van der Waals surface area contributed by atoms with Crippen molar-refractivity contribution in [2.75, 3.05) is 36.5 Å². The summed E-state index contributed by atoms with van der Waals surface area (Å²) in [6.07, 6.45) is 7.19. The van der Waals surface area contributed by atoms with Gasteiger partial charge < -0.3 is 4.90 Å². The largest absolute Gasteiger partial charge is 0.302 e. The summed E-state index contributed by atoms with van der Waals surface area (Å²) in [6.45, 7) is 4.00. The van der Waals surface area contributed by atoms with Crippen LogP contribution in [0.1, 0.15) is 32.1 Å². The van der Waals surface area contributed by atoms with E-state index in [9.17, 15) is 0 Å². The SMILES string of the molecule is BrCC1(CN2CCCSCC2)CCCC1. The van der Waals surface area contributed by atoms with E-state index < -0.39 is 0 Å². The fraction of sp³-hybridized carbons (Fsp3) is 1.00. The standard InChI is InChI=1S/C12H22BrNS/c13-10-12(4-1-2-5-12)11-14-6-3-8-15-9-7-14/h1-11H2. The first-order valence-electron chi connectivity index (χ1n) is 6.21. The molecule has 2 rings (SSSR count). The monoisotopic (exact) mass is 291 g/mol. The number of thioether (sulfide) groups is 1. The Bertz CT molecular complexity index is 184. The molecular formula is C12H22BrNS. The minimum Gasteiger partial charge on any atom is -0.302 e. The molecular weight excluding hydrogens is 270 g/mol. The molecule has 0 N–H and O–H groups in total. The Hall–Kier alpha value is 0.790. The summed E-state index contributed by atoms with van der Waals surface area (Å²) in [5.41, 5.74) is 0.620. The maximum absolute atomic E-state index is 3.75. The summed E-state index contributed by atoms with van der Waals surface area (Å²) in [5, 5.41) is 1.21. The van der Waals surface area contributed by atoms with Crippen molar-refractivity contribution < 1.29 is 0 Å². The number of nitrogens with zero attached hydrogens (tertiary/aromatic N) is 1. The minimum absolute atomic E-state index is 0.620. The van der Waals surface area contributed by atoms with Gasteiger partial charge in [-0.2, -0.15) is 11.8 Å². The van der Waals surface area contributed by atoms with E-state index in [-0.39, 0.29) is 0 Å². The van der Waals surface area contributed by atoms with Crippen molar-refractivity contribution in [1.29, 1.82) is 0 Å². The molecule has 0 radical (unpaired) electrons. The molecule has 1 saturated carbocycles. The summed E-state index contributed by atoms with van der Waals surface area (Å²) in [4.78, 5) is 2.71. The maximum Gasteiger partial charge on any atom is 0.0100 e. The molecule has 0 spiro atoms. The van der Waals surface area contributed by atoms with Gasteiger partial charge in [-0.3, -0.25) is 0 Å². The first kappa shape index (κ1) is 12.3. The second-order valence-corrected chi connectivity index (χ2v) is 6.87. The Morgan fingerprint density at radius 3 is 2.60 bits per heavy atom. The van der Waals surface area contributed by atoms with Crippen LogP contribution >= 0.6 is 27.7 Å². The molecule has 0 bridgehead atoms. The molecule has 15 heavy (non-hydrogen) atoms. The second-order valence-electron chi connectivity index (χ2n) is 5.08. The van der Waals surface area contributed by atoms with Gasteiger partial charge in [0.05, 0.1) is 0 Å². The van der Waals surface area contributed by atoms with Crippen LogP contribution in [0.2, 0.25) is 0 Å². The van der Waals surface area contributed by atoms with Crippen molar-refractivity contribution in [3.8, 4) is 0 Å². The first-order valence-corrected chi connectivity index (χ1v) is 8.48. The molecule has 1 nitrogen and oxygen atoms in total. The van der Waals surface area contributed by atoms with Crippen LogP contribution in [0.15, 0.2) is 0 Å². The molecule has 2 aliphatic rings. The molecule has 1 heterocycles. The summed E-state index contributed by atoms with van der Waals surface area (Å²) in [7, 11) is 0. The number of halogens is 1. The average Bonchev–Trinajstić information content (AvgIpc) is 2.57. The number of hydrogen-bond donors (Lipinski definition) is 0. The minimum atomic E-state index is 0.620. The van der Waals surface area contributed by atoms with E-state index in [0.717, 1.165) is 0 Å². The molecule has 2 fully saturated rings. The Morgan fingerprint density at radius 1 is 1.07 bits per heavy atom. The van der Waals surface area contributed by atoms with Crippen LogP contribution in [0.3, 0.4) is 0 Å². The third kappa shape index (κ3) is 3.37. The quantitative estimate of drug-likeness (QED) is 0.734. The molecule has 0 unspecified atom stereocenters. The van der Waals surface area contributed by atoms with Crippen molar-refractivity contribution >= 4 is 27.7 Å². The normalized spacial score (nSPS) is 27.8. The van der Waals surface area contributed by atoms with Gasteiger partial charge in [0.25, 0.3) is 0 Å². The molecule has 0 aromatic rings. The highest BCUT2D eigenvalue weighted by Crippen LogP contribution is 2.40. The summed E-state index contributed by atoms with van der Waals surface area (Å²) in [5.74, 6) is 2.72. The van der Waals surface area contributed by atoms with Gasteiger partial charge >= 0.3 is 0 Å². The van der Waals surface area contributed by atoms with Gasteiger partial charge in [0.2, 0.25) is 0 Å². The van der Waals surface area contributed by atoms with Gasteiger partial charge in [-0.25, -0.2) is 0 Å². The van der Waals surface area contributed by atoms with Crippen molar-refractivity contribution in [3.05, 3.63) is 0 Å². The second kappa shape index (κ2) is 5.92. The van der Waals surface area contributed by atoms with Crippen molar-refractivity contribution in [3.63, 3.8) is 0 Å². The Kier molecular flexibility index (Phi) is 4.84. The summed E-state index contributed by atoms with van der Waals surface area (Å²) < 4.78 is 0. The number of alkyl halides is 1. The predicted octanol–water partition coefficient (Wildman–Crippen LogP) is 3.38. The lowest BCUT2D eigenvalue weighted by atomic mass is 9.88. The van der Waals surface area contributed by atoms with E-state index in [1.54, 1.807) is 0 Å². The van der Waals surface area contributed by atoms with E-state index in [2.05, 4.69) is 32.6 Å². The van der Waals surface area contributed by atoms with E-state index in [1.165, 1.54) is 68.6 Å². The molecule has 1 aliphatic carbocycles. The molecule has 88 valence electrons. The van der Waals surface area contributed by atoms with Gasteiger partial charge in [-0.15, -0.1) is 0 Å². The highest BCUT2D eigenvalue weighted by Gasteiger charge is 2.34. The lowest BCUT2D eigenvalue weighted by Crippen LogP contribution is -2.38. The van der Waals surface area contributed by atoms with Crippen molar-refractivity contribution in [2.45, 2.75) is 32.1 Å². The number of hydrogen-bond acceptors (Lipinski definition) is 2. The molecule has 0 atom stereocenters. The molecule has 0 aromatic carbocycles. The molecule has 1 aliphatic heterocycles. The van der Waals surface area contributed by atoms with Crippen LogP contribution in [-0.2, 0) is 0 Å². The average molecular weight is 292 g/mol. The molecule has 0 amide bonds. The third-order valence-corrected chi connectivity index (χ3v) is 6.06. The maximum atomic E-state index is 3.75. The van der Waals surface area contributed by atoms with E-state index >= 15 is 0 Å². The van der Waals surface area contributed by atoms with Crippen LogP contribution in [0.5, 0.6) is 0 Å². The summed E-state index contributed by atoms with van der Waals surface area (Å²) >= 11 is 5.88. The highest BCUT2D eigenvalue weighted by atomic mass is 79.9. The Morgan fingerprint density at radius 2 is 1.87 bits per heavy atom. The van der Waals surface area contributed by atoms with Crippen LogP contribution in [0, 0.1) is 5.41 Å². The molecule has 3 heteroatoms. The molecule has 0 aromatic heterocycles. The molecule has 1 saturated heterocycles. The predicted molar refractivity (Wildman–Crippen MR) is 73.1 cm³/mol. The van der Waals surface area contributed by atoms with E-state index in [4.69, 9.17) is 0 Å². The van der Waals surface area contributed by atoms with Crippen LogP contribution < -0.4 is 0 Å². The fourth-order valence-corrected chi connectivity index (χ4v) is 4.55. The zero-order valence-electron chi connectivity index (χ0n) is 9.51. The lowest BCUT2D eigenvalue weighted by Gasteiger charge is -2.33. The van der Waals surface area contributed by atoms with Crippen LogP contribution in [0.25, 0.3) is 0 Å². The Labute approximate surface area is 106 Å². The van der Waals surface area contributed by atoms with Gasteiger partial charge in [-0.1, -0.05) is 28.8 Å².